The van der Waals surface area contributed by atoms with E-state index in [1.54, 1.807) is 6.92 Å². The molecule has 5 nitrogen and oxygen atoms in total. The summed E-state index contributed by atoms with van der Waals surface area (Å²) < 4.78 is 1.72. The molecule has 0 fully saturated rings. The molecule has 0 saturated heterocycles. The van der Waals surface area contributed by atoms with Crippen molar-refractivity contribution in [3.63, 3.8) is 0 Å². The Kier molecular flexibility index (Phi) is 6.81. The maximum Gasteiger partial charge on any atom is 0.246 e. The van der Waals surface area contributed by atoms with E-state index in [9.17, 15) is 9.59 Å². The summed E-state index contributed by atoms with van der Waals surface area (Å²) in [5.74, 6) is -0.119. The van der Waals surface area contributed by atoms with Crippen LogP contribution in [-0.2, 0) is 9.59 Å². The zero-order chi connectivity index (χ0) is 17.5. The summed E-state index contributed by atoms with van der Waals surface area (Å²) in [4.78, 5) is 27.5. The van der Waals surface area contributed by atoms with E-state index in [-0.39, 0.29) is 11.8 Å². The third-order valence-corrected chi connectivity index (χ3v) is 4.61. The van der Waals surface area contributed by atoms with Gasteiger partial charge in [-0.05, 0) is 38.0 Å². The number of carbonyl (C=O) groups excluding carboxylic acids is 2. The lowest BCUT2D eigenvalue weighted by atomic mass is 10.2. The molecule has 2 amide bonds. The molecule has 2 N–H and O–H groups in total. The number of amides is 2. The molecule has 7 heteroatoms. The van der Waals surface area contributed by atoms with Crippen LogP contribution in [0.1, 0.15) is 32.6 Å². The van der Waals surface area contributed by atoms with Crippen LogP contribution in [0.5, 0.6) is 0 Å². The smallest absolute Gasteiger partial charge is 0.246 e. The predicted molar refractivity (Wildman–Crippen MR) is 102 cm³/mol. The molecule has 0 aliphatic heterocycles. The van der Waals surface area contributed by atoms with Crippen LogP contribution >= 0.6 is 24.0 Å². The SMILES string of the molecule is C=C(C)C(=O)NCCCCCC(=O)Nc1ccc2nc(S)sc2c1. The van der Waals surface area contributed by atoms with Gasteiger partial charge in [0.25, 0.3) is 0 Å². The van der Waals surface area contributed by atoms with Crippen LogP contribution in [0.25, 0.3) is 10.2 Å². The van der Waals surface area contributed by atoms with E-state index in [1.807, 2.05) is 18.2 Å². The van der Waals surface area contributed by atoms with Crippen molar-refractivity contribution >= 4 is 51.7 Å². The number of carbonyl (C=O) groups is 2. The summed E-state index contributed by atoms with van der Waals surface area (Å²) in [6.07, 6.45) is 3.00. The third-order valence-electron chi connectivity index (χ3n) is 3.41. The first kappa shape index (κ1) is 18.5. The van der Waals surface area contributed by atoms with Gasteiger partial charge in [-0.25, -0.2) is 4.98 Å². The molecule has 0 aliphatic rings. The number of thiazole rings is 1. The first-order chi connectivity index (χ1) is 11.5. The monoisotopic (exact) mass is 363 g/mol. The molecule has 128 valence electrons. The lowest BCUT2D eigenvalue weighted by Gasteiger charge is -2.06. The Hall–Kier alpha value is -1.86. The molecule has 0 unspecified atom stereocenters. The fraction of sp³-hybridized carbons (Fsp3) is 0.353. The number of nitrogens with zero attached hydrogens (tertiary/aromatic N) is 1. The van der Waals surface area contributed by atoms with Gasteiger partial charge in [0.15, 0.2) is 0 Å². The topological polar surface area (TPSA) is 71.1 Å². The second-order valence-electron chi connectivity index (χ2n) is 5.57. The van der Waals surface area contributed by atoms with Gasteiger partial charge in [-0.2, -0.15) is 0 Å². The van der Waals surface area contributed by atoms with Gasteiger partial charge < -0.3 is 10.6 Å². The Balaban J connectivity index is 1.67. The fourth-order valence-electron chi connectivity index (χ4n) is 2.15. The van der Waals surface area contributed by atoms with E-state index >= 15 is 0 Å². The molecule has 1 heterocycles. The molecule has 0 aliphatic carbocycles. The highest BCUT2D eigenvalue weighted by Gasteiger charge is 2.06. The van der Waals surface area contributed by atoms with E-state index in [0.717, 1.165) is 35.2 Å². The van der Waals surface area contributed by atoms with Crippen molar-refractivity contribution in [3.05, 3.63) is 30.4 Å². The number of anilines is 1. The van der Waals surface area contributed by atoms with E-state index in [0.29, 0.717) is 22.9 Å². The summed E-state index contributed by atoms with van der Waals surface area (Å²) in [5, 5.41) is 5.68. The summed E-state index contributed by atoms with van der Waals surface area (Å²) in [6, 6.07) is 5.64. The van der Waals surface area contributed by atoms with E-state index in [4.69, 9.17) is 0 Å². The number of nitrogens with one attached hydrogen (secondary N) is 2. The van der Waals surface area contributed by atoms with Gasteiger partial charge in [-0.15, -0.1) is 24.0 Å². The summed E-state index contributed by atoms with van der Waals surface area (Å²) in [7, 11) is 0. The lowest BCUT2D eigenvalue weighted by molar-refractivity contribution is -0.118. The minimum Gasteiger partial charge on any atom is -0.352 e. The van der Waals surface area contributed by atoms with Gasteiger partial charge in [0.05, 0.1) is 10.2 Å². The van der Waals surface area contributed by atoms with E-state index in [1.165, 1.54) is 11.3 Å². The normalized spacial score (nSPS) is 10.6. The van der Waals surface area contributed by atoms with Crippen molar-refractivity contribution in [2.24, 2.45) is 0 Å². The number of unbranched alkanes of at least 4 members (excludes halogenated alkanes) is 2. The molecule has 0 radical (unpaired) electrons. The molecule has 2 rings (SSSR count). The van der Waals surface area contributed by atoms with Crippen molar-refractivity contribution in [1.82, 2.24) is 10.3 Å². The Labute approximate surface area is 151 Å². The highest BCUT2D eigenvalue weighted by atomic mass is 32.2. The highest BCUT2D eigenvalue weighted by molar-refractivity contribution is 7.82. The van der Waals surface area contributed by atoms with Crippen molar-refractivity contribution in [3.8, 4) is 0 Å². The van der Waals surface area contributed by atoms with Crippen molar-refractivity contribution in [2.75, 3.05) is 11.9 Å². The van der Waals surface area contributed by atoms with E-state index in [2.05, 4.69) is 34.8 Å². The van der Waals surface area contributed by atoms with Crippen LogP contribution in [0.2, 0.25) is 0 Å². The second kappa shape index (κ2) is 8.84. The number of rotatable bonds is 8. The van der Waals surface area contributed by atoms with Crippen LogP contribution in [-0.4, -0.2) is 23.3 Å². The molecular weight excluding hydrogens is 342 g/mol. The molecule has 1 aromatic carbocycles. The largest absolute Gasteiger partial charge is 0.352 e. The van der Waals surface area contributed by atoms with Crippen LogP contribution < -0.4 is 10.6 Å². The average Bonchev–Trinajstić information content (AvgIpc) is 2.89. The maximum atomic E-state index is 12.0. The molecule has 24 heavy (non-hydrogen) atoms. The van der Waals surface area contributed by atoms with Gasteiger partial charge in [-0.1, -0.05) is 13.0 Å². The highest BCUT2D eigenvalue weighted by Crippen LogP contribution is 2.27. The van der Waals surface area contributed by atoms with Crippen molar-refractivity contribution < 1.29 is 9.59 Å². The standard InChI is InChI=1S/C17H21N3O2S2/c1-11(2)16(22)18-9-5-3-4-6-15(21)19-12-7-8-13-14(10-12)24-17(23)20-13/h7-8,10H,1,3-6,9H2,2H3,(H,18,22)(H,19,21)(H,20,23). The molecule has 0 saturated carbocycles. The Morgan fingerprint density at radius 1 is 1.29 bits per heavy atom. The van der Waals surface area contributed by atoms with Gasteiger partial charge >= 0.3 is 0 Å². The predicted octanol–water partition coefficient (Wildman–Crippen LogP) is 3.78. The number of aromatic nitrogens is 1. The van der Waals surface area contributed by atoms with Gasteiger partial charge in [0, 0.05) is 24.2 Å². The minimum absolute atomic E-state index is 0.00377. The van der Waals surface area contributed by atoms with Crippen LogP contribution in [0.15, 0.2) is 34.7 Å². The van der Waals surface area contributed by atoms with Crippen molar-refractivity contribution in [1.29, 1.82) is 0 Å². The number of hydrogen-bond acceptors (Lipinski definition) is 5. The fourth-order valence-corrected chi connectivity index (χ4v) is 3.30. The summed E-state index contributed by atoms with van der Waals surface area (Å²) in [5.41, 5.74) is 2.18. The van der Waals surface area contributed by atoms with E-state index < -0.39 is 0 Å². The molecule has 1 aromatic heterocycles. The molecular formula is C17H21N3O2S2. The molecule has 0 atom stereocenters. The number of hydrogen-bond donors (Lipinski definition) is 3. The Morgan fingerprint density at radius 3 is 2.83 bits per heavy atom. The molecule has 0 bridgehead atoms. The first-order valence-corrected chi connectivity index (χ1v) is 9.05. The number of fused-ring (bicyclic) bond motifs is 1. The van der Waals surface area contributed by atoms with Gasteiger partial charge in [0.1, 0.15) is 4.34 Å². The first-order valence-electron chi connectivity index (χ1n) is 7.79. The van der Waals surface area contributed by atoms with Crippen LogP contribution in [0.4, 0.5) is 5.69 Å². The quantitative estimate of drug-likeness (QED) is 0.380. The second-order valence-corrected chi connectivity index (χ2v) is 7.33. The third kappa shape index (κ3) is 5.65. The lowest BCUT2D eigenvalue weighted by Crippen LogP contribution is -2.24. The number of thiol groups is 1. The number of benzene rings is 1. The Morgan fingerprint density at radius 2 is 2.08 bits per heavy atom. The Bertz CT molecular complexity index is 755. The molecule has 2 aromatic rings. The zero-order valence-corrected chi connectivity index (χ0v) is 15.3. The summed E-state index contributed by atoms with van der Waals surface area (Å²) >= 11 is 5.72. The minimum atomic E-state index is -0.115. The maximum absolute atomic E-state index is 12.0. The summed E-state index contributed by atoms with van der Waals surface area (Å²) in [6.45, 7) is 5.87. The van der Waals surface area contributed by atoms with Gasteiger partial charge in [-0.3, -0.25) is 9.59 Å². The van der Waals surface area contributed by atoms with Crippen LogP contribution in [0, 0.1) is 0 Å². The van der Waals surface area contributed by atoms with Gasteiger partial charge in [0.2, 0.25) is 11.8 Å². The molecule has 0 spiro atoms. The van der Waals surface area contributed by atoms with Crippen LogP contribution in [0.3, 0.4) is 0 Å². The van der Waals surface area contributed by atoms with Crippen molar-refractivity contribution in [2.45, 2.75) is 36.9 Å². The average molecular weight is 364 g/mol. The zero-order valence-electron chi connectivity index (χ0n) is 13.6.